The van der Waals surface area contributed by atoms with Crippen LogP contribution in [0.1, 0.15) is 46.0 Å². The third kappa shape index (κ3) is 5.51. The van der Waals surface area contributed by atoms with Crippen LogP contribution in [0.2, 0.25) is 0 Å². The summed E-state index contributed by atoms with van der Waals surface area (Å²) < 4.78 is 25.8. The minimum atomic E-state index is -3.37. The highest BCUT2D eigenvalue weighted by molar-refractivity contribution is 7.89. The van der Waals surface area contributed by atoms with E-state index < -0.39 is 10.0 Å². The molecule has 1 atom stereocenters. The fourth-order valence-electron chi connectivity index (χ4n) is 2.10. The summed E-state index contributed by atoms with van der Waals surface area (Å²) in [6.07, 6.45) is 6.09. The molecule has 0 amide bonds. The average molecular weight is 298 g/mol. The van der Waals surface area contributed by atoms with Crippen molar-refractivity contribution in [2.75, 3.05) is 12.4 Å². The molecule has 1 aromatic carbocycles. The Labute approximate surface area is 123 Å². The highest BCUT2D eigenvalue weighted by Gasteiger charge is 2.11. The molecule has 5 heteroatoms. The van der Waals surface area contributed by atoms with Gasteiger partial charge in [0.05, 0.1) is 4.90 Å². The lowest BCUT2D eigenvalue weighted by Gasteiger charge is -2.16. The van der Waals surface area contributed by atoms with Crippen molar-refractivity contribution in [3.63, 3.8) is 0 Å². The quantitative estimate of drug-likeness (QED) is 0.687. The molecule has 4 nitrogen and oxygen atoms in total. The molecule has 0 aliphatic carbocycles. The van der Waals surface area contributed by atoms with E-state index in [1.54, 1.807) is 18.2 Å². The van der Waals surface area contributed by atoms with Crippen molar-refractivity contribution in [2.24, 2.45) is 0 Å². The van der Waals surface area contributed by atoms with Gasteiger partial charge in [-0.25, -0.2) is 13.1 Å². The molecule has 114 valence electrons. The summed E-state index contributed by atoms with van der Waals surface area (Å²) in [4.78, 5) is 0.295. The van der Waals surface area contributed by atoms with E-state index in [-0.39, 0.29) is 0 Å². The van der Waals surface area contributed by atoms with Crippen LogP contribution >= 0.6 is 0 Å². The summed E-state index contributed by atoms with van der Waals surface area (Å²) in [6, 6.07) is 7.28. The molecule has 0 spiro atoms. The molecule has 2 N–H and O–H groups in total. The number of hydrogen-bond acceptors (Lipinski definition) is 3. The molecule has 1 aromatic rings. The zero-order valence-electron chi connectivity index (χ0n) is 12.6. The third-order valence-corrected chi connectivity index (χ3v) is 4.73. The fraction of sp³-hybridized carbons (Fsp3) is 0.600. The largest absolute Gasteiger partial charge is 0.383 e. The Morgan fingerprint density at radius 3 is 2.60 bits per heavy atom. The zero-order chi connectivity index (χ0) is 15.0. The second kappa shape index (κ2) is 8.27. The molecule has 0 heterocycles. The van der Waals surface area contributed by atoms with Crippen LogP contribution in [-0.2, 0) is 10.0 Å². The van der Waals surface area contributed by atoms with Gasteiger partial charge in [-0.3, -0.25) is 0 Å². The topological polar surface area (TPSA) is 58.2 Å². The average Bonchev–Trinajstić information content (AvgIpc) is 2.44. The lowest BCUT2D eigenvalue weighted by Crippen LogP contribution is -2.19. The first-order valence-corrected chi connectivity index (χ1v) is 8.78. The highest BCUT2D eigenvalue weighted by atomic mass is 32.2. The van der Waals surface area contributed by atoms with Crippen LogP contribution in [0.25, 0.3) is 0 Å². The first-order chi connectivity index (χ1) is 9.49. The van der Waals surface area contributed by atoms with Crippen molar-refractivity contribution < 1.29 is 8.42 Å². The molecule has 1 rings (SSSR count). The van der Waals surface area contributed by atoms with Gasteiger partial charge < -0.3 is 5.32 Å². The smallest absolute Gasteiger partial charge is 0.240 e. The van der Waals surface area contributed by atoms with E-state index in [4.69, 9.17) is 0 Å². The second-order valence-corrected chi connectivity index (χ2v) is 7.02. The minimum Gasteiger partial charge on any atom is -0.383 e. The number of hydrogen-bond donors (Lipinski definition) is 2. The van der Waals surface area contributed by atoms with Gasteiger partial charge in [0.25, 0.3) is 0 Å². The number of sulfonamides is 1. The van der Waals surface area contributed by atoms with Crippen LogP contribution in [-0.4, -0.2) is 21.5 Å². The van der Waals surface area contributed by atoms with Crippen molar-refractivity contribution in [1.82, 2.24) is 4.72 Å². The lowest BCUT2D eigenvalue weighted by atomic mass is 10.1. The maximum atomic E-state index is 11.7. The number of unbranched alkanes of at least 4 members (excludes halogenated alkanes) is 3. The van der Waals surface area contributed by atoms with Crippen molar-refractivity contribution in [1.29, 1.82) is 0 Å². The van der Waals surface area contributed by atoms with Gasteiger partial charge in [0.15, 0.2) is 0 Å². The van der Waals surface area contributed by atoms with E-state index in [2.05, 4.69) is 23.9 Å². The van der Waals surface area contributed by atoms with Crippen molar-refractivity contribution >= 4 is 15.7 Å². The predicted molar refractivity (Wildman–Crippen MR) is 84.5 cm³/mol. The Kier molecular flexibility index (Phi) is 7.02. The lowest BCUT2D eigenvalue weighted by molar-refractivity contribution is 0.587. The Bertz CT molecular complexity index is 500. The van der Waals surface area contributed by atoms with Gasteiger partial charge in [-0.1, -0.05) is 38.7 Å². The first-order valence-electron chi connectivity index (χ1n) is 7.29. The van der Waals surface area contributed by atoms with E-state index >= 15 is 0 Å². The van der Waals surface area contributed by atoms with Gasteiger partial charge in [-0.05, 0) is 38.6 Å². The summed E-state index contributed by atoms with van der Waals surface area (Å²) >= 11 is 0. The summed E-state index contributed by atoms with van der Waals surface area (Å²) in [5.74, 6) is 0. The first kappa shape index (κ1) is 17.0. The SMILES string of the molecule is CCCCCCC(C)Nc1cccc(S(=O)(=O)NC)c1. The van der Waals surface area contributed by atoms with Crippen molar-refractivity contribution in [3.8, 4) is 0 Å². The van der Waals surface area contributed by atoms with Crippen LogP contribution in [0.5, 0.6) is 0 Å². The van der Waals surface area contributed by atoms with Gasteiger partial charge in [0.1, 0.15) is 0 Å². The summed E-state index contributed by atoms with van der Waals surface area (Å²) in [5.41, 5.74) is 0.851. The third-order valence-electron chi connectivity index (χ3n) is 3.32. The molecular formula is C15H26N2O2S. The van der Waals surface area contributed by atoms with Crippen LogP contribution in [0.15, 0.2) is 29.2 Å². The van der Waals surface area contributed by atoms with E-state index in [9.17, 15) is 8.42 Å². The summed E-state index contributed by atoms with van der Waals surface area (Å²) in [7, 11) is -1.95. The van der Waals surface area contributed by atoms with Gasteiger partial charge in [0.2, 0.25) is 10.0 Å². The second-order valence-electron chi connectivity index (χ2n) is 5.13. The van der Waals surface area contributed by atoms with E-state index in [1.165, 1.54) is 32.7 Å². The minimum absolute atomic E-state index is 0.295. The maximum Gasteiger partial charge on any atom is 0.240 e. The van der Waals surface area contributed by atoms with Crippen molar-refractivity contribution in [2.45, 2.75) is 56.9 Å². The number of benzene rings is 1. The molecule has 0 fully saturated rings. The van der Waals surface area contributed by atoms with Gasteiger partial charge in [0, 0.05) is 11.7 Å². The van der Waals surface area contributed by atoms with Gasteiger partial charge in [-0.15, -0.1) is 0 Å². The highest BCUT2D eigenvalue weighted by Crippen LogP contribution is 2.17. The Hall–Kier alpha value is -1.07. The Balaban J connectivity index is 2.58. The monoisotopic (exact) mass is 298 g/mol. The van der Waals surface area contributed by atoms with Gasteiger partial charge >= 0.3 is 0 Å². The van der Waals surface area contributed by atoms with E-state index in [0.29, 0.717) is 10.9 Å². The predicted octanol–water partition coefficient (Wildman–Crippen LogP) is 3.37. The van der Waals surface area contributed by atoms with Crippen LogP contribution < -0.4 is 10.0 Å². The molecule has 0 bridgehead atoms. The molecular weight excluding hydrogens is 272 g/mol. The Morgan fingerprint density at radius 2 is 1.95 bits per heavy atom. The number of nitrogens with one attached hydrogen (secondary N) is 2. The molecule has 1 unspecified atom stereocenters. The summed E-state index contributed by atoms with van der Waals surface area (Å²) in [6.45, 7) is 4.33. The van der Waals surface area contributed by atoms with Gasteiger partial charge in [-0.2, -0.15) is 0 Å². The summed E-state index contributed by atoms with van der Waals surface area (Å²) in [5, 5.41) is 3.36. The molecule has 0 aromatic heterocycles. The number of anilines is 1. The standard InChI is InChI=1S/C15H26N2O2S/c1-4-5-6-7-9-13(2)17-14-10-8-11-15(12-14)20(18,19)16-3/h8,10-13,16-17H,4-7,9H2,1-3H3. The Morgan fingerprint density at radius 1 is 1.20 bits per heavy atom. The molecule has 0 aliphatic heterocycles. The molecule has 20 heavy (non-hydrogen) atoms. The molecule has 0 saturated carbocycles. The normalized spacial score (nSPS) is 13.2. The number of rotatable bonds is 9. The fourth-order valence-corrected chi connectivity index (χ4v) is 2.88. The van der Waals surface area contributed by atoms with Crippen LogP contribution in [0, 0.1) is 0 Å². The maximum absolute atomic E-state index is 11.7. The van der Waals surface area contributed by atoms with Crippen molar-refractivity contribution in [3.05, 3.63) is 24.3 Å². The van der Waals surface area contributed by atoms with Crippen LogP contribution in [0.3, 0.4) is 0 Å². The van der Waals surface area contributed by atoms with Crippen LogP contribution in [0.4, 0.5) is 5.69 Å². The molecule has 0 saturated heterocycles. The molecule has 0 radical (unpaired) electrons. The van der Waals surface area contributed by atoms with E-state index in [0.717, 1.165) is 12.1 Å². The molecule has 0 aliphatic rings. The van der Waals surface area contributed by atoms with E-state index in [1.807, 2.05) is 6.07 Å². The zero-order valence-corrected chi connectivity index (χ0v) is 13.5.